The van der Waals surface area contributed by atoms with Crippen LogP contribution >= 0.6 is 15.9 Å². The molecule has 0 atom stereocenters. The summed E-state index contributed by atoms with van der Waals surface area (Å²) in [6.07, 6.45) is 1.61. The molecule has 1 aromatic carbocycles. The highest BCUT2D eigenvalue weighted by Crippen LogP contribution is 2.29. The molecule has 0 spiro atoms. The molecule has 1 heterocycles. The van der Waals surface area contributed by atoms with Gasteiger partial charge in [0.05, 0.1) is 5.52 Å². The van der Waals surface area contributed by atoms with Crippen molar-refractivity contribution in [1.82, 2.24) is 9.88 Å². The fraction of sp³-hybridized carbons (Fsp3) is 0.286. The Morgan fingerprint density at radius 3 is 2.71 bits per heavy atom. The van der Waals surface area contributed by atoms with Crippen LogP contribution in [-0.2, 0) is 4.79 Å². The van der Waals surface area contributed by atoms with Crippen molar-refractivity contribution in [3.8, 4) is 0 Å². The van der Waals surface area contributed by atoms with Gasteiger partial charge in [-0.3, -0.25) is 9.59 Å². The van der Waals surface area contributed by atoms with Crippen LogP contribution in [0, 0.1) is 5.82 Å². The number of benzene rings is 1. The third-order valence-corrected chi connectivity index (χ3v) is 3.89. The van der Waals surface area contributed by atoms with Crippen LogP contribution in [0.5, 0.6) is 0 Å². The molecule has 1 aliphatic carbocycles. The number of carboxylic acid groups (broad SMARTS) is 1. The normalized spacial score (nSPS) is 14.4. The van der Waals surface area contributed by atoms with E-state index < -0.39 is 17.7 Å². The second-order valence-corrected chi connectivity index (χ2v) is 6.01. The van der Waals surface area contributed by atoms with Gasteiger partial charge in [-0.15, -0.1) is 0 Å². The van der Waals surface area contributed by atoms with Crippen LogP contribution in [0.3, 0.4) is 0 Å². The van der Waals surface area contributed by atoms with Gasteiger partial charge in [0, 0.05) is 15.9 Å². The Balaban J connectivity index is 1.96. The van der Waals surface area contributed by atoms with Crippen LogP contribution in [0.25, 0.3) is 10.9 Å². The molecule has 110 valence electrons. The molecule has 7 heteroatoms. The van der Waals surface area contributed by atoms with E-state index in [4.69, 9.17) is 5.11 Å². The number of carbonyl (C=O) groups excluding carboxylic acids is 1. The summed E-state index contributed by atoms with van der Waals surface area (Å²) in [7, 11) is 0. The Hall–Kier alpha value is -1.89. The molecule has 0 bridgehead atoms. The molecular formula is C14H12BrFN2O3. The summed E-state index contributed by atoms with van der Waals surface area (Å²) in [6, 6.07) is 4.39. The second kappa shape index (κ2) is 5.14. The molecule has 5 nitrogen and oxygen atoms in total. The zero-order valence-corrected chi connectivity index (χ0v) is 12.5. The minimum Gasteiger partial charge on any atom is -0.480 e. The summed E-state index contributed by atoms with van der Waals surface area (Å²) in [5, 5.41) is 9.22. The van der Waals surface area contributed by atoms with Crippen molar-refractivity contribution in [2.75, 3.05) is 6.54 Å². The van der Waals surface area contributed by atoms with Crippen LogP contribution in [0.1, 0.15) is 23.3 Å². The van der Waals surface area contributed by atoms with E-state index in [0.29, 0.717) is 15.4 Å². The largest absolute Gasteiger partial charge is 0.480 e. The fourth-order valence-electron chi connectivity index (χ4n) is 2.33. The summed E-state index contributed by atoms with van der Waals surface area (Å²) < 4.78 is 14.4. The number of halogens is 2. The highest BCUT2D eigenvalue weighted by atomic mass is 79.9. The maximum absolute atomic E-state index is 13.8. The predicted molar refractivity (Wildman–Crippen MR) is 77.7 cm³/mol. The average molecular weight is 355 g/mol. The smallest absolute Gasteiger partial charge is 0.323 e. The predicted octanol–water partition coefficient (Wildman–Crippen LogP) is 2.76. The van der Waals surface area contributed by atoms with Crippen molar-refractivity contribution in [3.63, 3.8) is 0 Å². The van der Waals surface area contributed by atoms with Gasteiger partial charge < -0.3 is 15.0 Å². The molecule has 0 saturated heterocycles. The number of carbonyl (C=O) groups is 2. The molecule has 0 unspecified atom stereocenters. The third kappa shape index (κ3) is 2.78. The minimum absolute atomic E-state index is 0.0309. The van der Waals surface area contributed by atoms with Gasteiger partial charge in [-0.2, -0.15) is 0 Å². The Bertz CT molecular complexity index is 739. The number of aromatic nitrogens is 1. The first-order valence-corrected chi connectivity index (χ1v) is 7.25. The van der Waals surface area contributed by atoms with E-state index in [9.17, 15) is 14.0 Å². The van der Waals surface area contributed by atoms with Crippen LogP contribution in [0.4, 0.5) is 4.39 Å². The number of aliphatic carboxylic acids is 1. The Labute approximate surface area is 127 Å². The van der Waals surface area contributed by atoms with Gasteiger partial charge in [-0.25, -0.2) is 4.39 Å². The van der Waals surface area contributed by atoms with Crippen LogP contribution < -0.4 is 0 Å². The molecular weight excluding hydrogens is 343 g/mol. The number of hydrogen-bond acceptors (Lipinski definition) is 2. The minimum atomic E-state index is -1.06. The lowest BCUT2D eigenvalue weighted by Gasteiger charge is -2.19. The van der Waals surface area contributed by atoms with Crippen molar-refractivity contribution in [2.24, 2.45) is 0 Å². The number of hydrogen-bond donors (Lipinski definition) is 2. The van der Waals surface area contributed by atoms with Crippen molar-refractivity contribution < 1.29 is 19.1 Å². The van der Waals surface area contributed by atoms with Gasteiger partial charge in [-0.1, -0.05) is 15.9 Å². The maximum atomic E-state index is 13.8. The van der Waals surface area contributed by atoms with Gasteiger partial charge >= 0.3 is 5.97 Å². The zero-order chi connectivity index (χ0) is 15.1. The number of aromatic amines is 1. The van der Waals surface area contributed by atoms with Crippen LogP contribution in [0.15, 0.2) is 22.7 Å². The molecule has 1 aliphatic rings. The summed E-state index contributed by atoms with van der Waals surface area (Å²) in [5.74, 6) is -1.90. The Morgan fingerprint density at radius 1 is 1.38 bits per heavy atom. The molecule has 0 aliphatic heterocycles. The molecule has 2 N–H and O–H groups in total. The Morgan fingerprint density at radius 2 is 2.10 bits per heavy atom. The summed E-state index contributed by atoms with van der Waals surface area (Å²) in [4.78, 5) is 27.5. The fourth-order valence-corrected chi connectivity index (χ4v) is 2.76. The van der Waals surface area contributed by atoms with Crippen molar-refractivity contribution >= 4 is 38.7 Å². The first kappa shape index (κ1) is 14.1. The topological polar surface area (TPSA) is 73.4 Å². The quantitative estimate of drug-likeness (QED) is 0.886. The molecule has 1 amide bonds. The van der Waals surface area contributed by atoms with Gasteiger partial charge in [0.2, 0.25) is 0 Å². The lowest BCUT2D eigenvalue weighted by molar-refractivity contribution is -0.137. The standard InChI is InChI=1S/C14H12BrFN2O3/c15-7-3-10(16)9-5-12(17-11(9)4-7)14(21)18(6-13(19)20)8-1-2-8/h3-5,8,17H,1-2,6H2,(H,19,20). The van der Waals surface area contributed by atoms with E-state index in [-0.39, 0.29) is 18.3 Å². The molecule has 2 aromatic rings. The van der Waals surface area contributed by atoms with E-state index in [1.54, 1.807) is 6.07 Å². The number of fused-ring (bicyclic) bond motifs is 1. The highest BCUT2D eigenvalue weighted by Gasteiger charge is 2.35. The third-order valence-electron chi connectivity index (χ3n) is 3.44. The molecule has 0 radical (unpaired) electrons. The average Bonchev–Trinajstić information content (AvgIpc) is 3.14. The van der Waals surface area contributed by atoms with Gasteiger partial charge in [0.1, 0.15) is 18.1 Å². The van der Waals surface area contributed by atoms with Crippen LogP contribution in [0.2, 0.25) is 0 Å². The number of rotatable bonds is 4. The molecule has 1 saturated carbocycles. The highest BCUT2D eigenvalue weighted by molar-refractivity contribution is 9.10. The molecule has 21 heavy (non-hydrogen) atoms. The maximum Gasteiger partial charge on any atom is 0.323 e. The molecule has 1 fully saturated rings. The van der Waals surface area contributed by atoms with Gasteiger partial charge in [0.15, 0.2) is 0 Å². The van der Waals surface area contributed by atoms with Crippen molar-refractivity contribution in [3.05, 3.63) is 34.2 Å². The van der Waals surface area contributed by atoms with E-state index in [0.717, 1.165) is 12.8 Å². The number of H-pyrrole nitrogens is 1. The first-order valence-electron chi connectivity index (χ1n) is 6.46. The molecule has 3 rings (SSSR count). The van der Waals surface area contributed by atoms with Gasteiger partial charge in [0.25, 0.3) is 5.91 Å². The van der Waals surface area contributed by atoms with Crippen molar-refractivity contribution in [2.45, 2.75) is 18.9 Å². The lowest BCUT2D eigenvalue weighted by atomic mass is 10.2. The Kier molecular flexibility index (Phi) is 3.44. The SMILES string of the molecule is O=C(O)CN(C(=O)c1cc2c(F)cc(Br)cc2[nH]1)C1CC1. The van der Waals surface area contributed by atoms with E-state index in [2.05, 4.69) is 20.9 Å². The summed E-state index contributed by atoms with van der Waals surface area (Å²) in [6.45, 7) is -0.342. The van der Waals surface area contributed by atoms with Crippen molar-refractivity contribution in [1.29, 1.82) is 0 Å². The number of nitrogens with one attached hydrogen (secondary N) is 1. The summed E-state index contributed by atoms with van der Waals surface area (Å²) >= 11 is 3.19. The van der Waals surface area contributed by atoms with E-state index >= 15 is 0 Å². The zero-order valence-electron chi connectivity index (χ0n) is 10.9. The number of nitrogens with zero attached hydrogens (tertiary/aromatic N) is 1. The van der Waals surface area contributed by atoms with E-state index in [1.165, 1.54) is 17.0 Å². The van der Waals surface area contributed by atoms with Crippen LogP contribution in [-0.4, -0.2) is 39.5 Å². The number of amides is 1. The van der Waals surface area contributed by atoms with Gasteiger partial charge in [-0.05, 0) is 31.0 Å². The monoisotopic (exact) mass is 354 g/mol. The summed E-state index contributed by atoms with van der Waals surface area (Å²) in [5.41, 5.74) is 0.700. The molecule has 1 aromatic heterocycles. The van der Waals surface area contributed by atoms with E-state index in [1.807, 2.05) is 0 Å². The number of carboxylic acids is 1. The second-order valence-electron chi connectivity index (χ2n) is 5.09. The first-order chi connectivity index (χ1) is 9.95. The lowest BCUT2D eigenvalue weighted by Crippen LogP contribution is -2.37.